The van der Waals surface area contributed by atoms with Gasteiger partial charge in [-0.15, -0.1) is 0 Å². The van der Waals surface area contributed by atoms with E-state index in [1.807, 2.05) is 18.2 Å². The van der Waals surface area contributed by atoms with Gasteiger partial charge >= 0.3 is 5.97 Å². The highest BCUT2D eigenvalue weighted by Crippen LogP contribution is 2.28. The van der Waals surface area contributed by atoms with Crippen LogP contribution in [-0.4, -0.2) is 12.3 Å². The van der Waals surface area contributed by atoms with Gasteiger partial charge in [-0.1, -0.05) is 12.1 Å². The number of carbonyl (C=O) groups is 2. The normalized spacial score (nSPS) is 10.2. The average Bonchev–Trinajstić information content (AvgIpc) is 2.41. The predicted molar refractivity (Wildman–Crippen MR) is 101 cm³/mol. The molecule has 0 heterocycles. The van der Waals surface area contributed by atoms with E-state index in [1.165, 1.54) is 0 Å². The molecule has 0 unspecified atom stereocenters. The Morgan fingerprint density at radius 3 is 2.40 bits per heavy atom. The number of carbonyl (C=O) groups excluding carboxylic acids is 2. The van der Waals surface area contributed by atoms with Crippen LogP contribution in [0, 0.1) is 10.7 Å². The zero-order valence-electron chi connectivity index (χ0n) is 9.90. The monoisotopic (exact) mass is 604 g/mol. The highest BCUT2D eigenvalue weighted by atomic mass is 127. The Labute approximate surface area is 156 Å². The number of aldehydes is 1. The molecule has 0 bridgehead atoms. The van der Waals surface area contributed by atoms with Crippen LogP contribution in [0.5, 0.6) is 5.75 Å². The Bertz CT molecular complexity index is 683. The molecule has 6 heteroatoms. The SMILES string of the molecule is O=Cc1cc(I)cc(I)c1OC(=O)c1ccccc1I. The van der Waals surface area contributed by atoms with Crippen LogP contribution in [-0.2, 0) is 0 Å². The van der Waals surface area contributed by atoms with Gasteiger partial charge in [0.2, 0.25) is 0 Å². The van der Waals surface area contributed by atoms with E-state index in [9.17, 15) is 9.59 Å². The third-order valence-electron chi connectivity index (χ3n) is 2.45. The van der Waals surface area contributed by atoms with Gasteiger partial charge in [0.25, 0.3) is 0 Å². The minimum Gasteiger partial charge on any atom is -0.421 e. The Morgan fingerprint density at radius 1 is 1.05 bits per heavy atom. The van der Waals surface area contributed by atoms with Gasteiger partial charge in [0, 0.05) is 7.14 Å². The fourth-order valence-electron chi connectivity index (χ4n) is 1.55. The quantitative estimate of drug-likeness (QED) is 0.224. The number of hydrogen-bond acceptors (Lipinski definition) is 3. The zero-order valence-corrected chi connectivity index (χ0v) is 16.4. The van der Waals surface area contributed by atoms with Gasteiger partial charge in [0.1, 0.15) is 0 Å². The smallest absolute Gasteiger partial charge is 0.344 e. The minimum absolute atomic E-state index is 0.311. The van der Waals surface area contributed by atoms with Gasteiger partial charge in [0.15, 0.2) is 12.0 Å². The summed E-state index contributed by atoms with van der Waals surface area (Å²) in [6.45, 7) is 0. The summed E-state index contributed by atoms with van der Waals surface area (Å²) in [5.41, 5.74) is 0.861. The van der Waals surface area contributed by atoms with Crippen molar-refractivity contribution in [3.63, 3.8) is 0 Å². The van der Waals surface area contributed by atoms with Crippen molar-refractivity contribution < 1.29 is 14.3 Å². The highest BCUT2D eigenvalue weighted by Gasteiger charge is 2.17. The van der Waals surface area contributed by atoms with Gasteiger partial charge in [-0.05, 0) is 92.0 Å². The molecule has 0 spiro atoms. The first-order chi connectivity index (χ1) is 9.52. The number of esters is 1. The number of ether oxygens (including phenoxy) is 1. The topological polar surface area (TPSA) is 43.4 Å². The second kappa shape index (κ2) is 7.16. The van der Waals surface area contributed by atoms with Crippen LogP contribution >= 0.6 is 67.8 Å². The Morgan fingerprint density at radius 2 is 1.75 bits per heavy atom. The summed E-state index contributed by atoms with van der Waals surface area (Å²) in [6, 6.07) is 10.7. The van der Waals surface area contributed by atoms with E-state index in [-0.39, 0.29) is 0 Å². The van der Waals surface area contributed by atoms with E-state index in [0.717, 1.165) is 10.7 Å². The van der Waals surface area contributed by atoms with E-state index >= 15 is 0 Å². The van der Waals surface area contributed by atoms with Crippen LogP contribution in [0.3, 0.4) is 0 Å². The van der Waals surface area contributed by atoms with Crippen LogP contribution in [0.25, 0.3) is 0 Å². The van der Waals surface area contributed by atoms with Crippen LogP contribution in [0.4, 0.5) is 0 Å². The summed E-state index contributed by atoms with van der Waals surface area (Å²) in [5.74, 6) is -0.150. The van der Waals surface area contributed by atoms with E-state index in [1.54, 1.807) is 18.2 Å². The summed E-state index contributed by atoms with van der Waals surface area (Å²) >= 11 is 6.25. The van der Waals surface area contributed by atoms with Crippen LogP contribution in [0.2, 0.25) is 0 Å². The number of halogens is 3. The molecule has 2 rings (SSSR count). The van der Waals surface area contributed by atoms with Crippen molar-refractivity contribution in [3.8, 4) is 5.75 Å². The molecule has 3 nitrogen and oxygen atoms in total. The van der Waals surface area contributed by atoms with Crippen LogP contribution < -0.4 is 4.74 Å². The van der Waals surface area contributed by atoms with Crippen molar-refractivity contribution in [2.24, 2.45) is 0 Å². The lowest BCUT2D eigenvalue weighted by Crippen LogP contribution is -2.12. The van der Waals surface area contributed by atoms with E-state index in [0.29, 0.717) is 23.2 Å². The fourth-order valence-corrected chi connectivity index (χ4v) is 4.16. The maximum Gasteiger partial charge on any atom is 0.344 e. The van der Waals surface area contributed by atoms with E-state index in [2.05, 4.69) is 67.8 Å². The lowest BCUT2D eigenvalue weighted by atomic mass is 10.2. The minimum atomic E-state index is -0.461. The van der Waals surface area contributed by atoms with Gasteiger partial charge in [-0.2, -0.15) is 0 Å². The van der Waals surface area contributed by atoms with Gasteiger partial charge in [-0.25, -0.2) is 4.79 Å². The summed E-state index contributed by atoms with van der Waals surface area (Å²) in [7, 11) is 0. The standard InChI is InChI=1S/C14H7I3O3/c15-9-5-8(7-18)13(12(17)6-9)20-14(19)10-3-1-2-4-11(10)16/h1-7H. The van der Waals surface area contributed by atoms with Crippen LogP contribution in [0.1, 0.15) is 20.7 Å². The van der Waals surface area contributed by atoms with E-state index in [4.69, 9.17) is 4.74 Å². The van der Waals surface area contributed by atoms with Gasteiger partial charge in [-0.3, -0.25) is 4.79 Å². The van der Waals surface area contributed by atoms with Crippen molar-refractivity contribution in [2.45, 2.75) is 0 Å². The Kier molecular flexibility index (Phi) is 5.78. The molecular weight excluding hydrogens is 597 g/mol. The van der Waals surface area contributed by atoms with Crippen molar-refractivity contribution in [1.29, 1.82) is 0 Å². The molecule has 102 valence electrons. The van der Waals surface area contributed by atoms with Crippen molar-refractivity contribution in [3.05, 3.63) is 58.2 Å². The summed E-state index contributed by atoms with van der Waals surface area (Å²) in [6.07, 6.45) is 0.697. The first-order valence-electron chi connectivity index (χ1n) is 5.44. The Hall–Kier alpha value is -0.230. The second-order valence-electron chi connectivity index (χ2n) is 3.79. The summed E-state index contributed by atoms with van der Waals surface area (Å²) < 4.78 is 7.86. The molecule has 2 aromatic carbocycles. The zero-order chi connectivity index (χ0) is 14.7. The molecule has 0 N–H and O–H groups in total. The van der Waals surface area contributed by atoms with Crippen LogP contribution in [0.15, 0.2) is 36.4 Å². The van der Waals surface area contributed by atoms with E-state index < -0.39 is 5.97 Å². The lowest BCUT2D eigenvalue weighted by Gasteiger charge is -2.10. The lowest BCUT2D eigenvalue weighted by molar-refractivity contribution is 0.0731. The first-order valence-corrected chi connectivity index (χ1v) is 8.67. The fraction of sp³-hybridized carbons (Fsp3) is 0. The number of rotatable bonds is 3. The number of hydrogen-bond donors (Lipinski definition) is 0. The predicted octanol–water partition coefficient (Wildman–Crippen LogP) is 4.53. The molecular formula is C14H7I3O3. The van der Waals surface area contributed by atoms with Crippen molar-refractivity contribution in [1.82, 2.24) is 0 Å². The van der Waals surface area contributed by atoms with Crippen molar-refractivity contribution in [2.75, 3.05) is 0 Å². The van der Waals surface area contributed by atoms with Crippen molar-refractivity contribution >= 4 is 80.0 Å². The Balaban J connectivity index is 2.38. The maximum absolute atomic E-state index is 12.2. The molecule has 0 saturated heterocycles. The maximum atomic E-state index is 12.2. The second-order valence-corrected chi connectivity index (χ2v) is 7.36. The number of benzene rings is 2. The first kappa shape index (κ1) is 16.1. The third kappa shape index (κ3) is 3.70. The molecule has 0 saturated carbocycles. The molecule has 20 heavy (non-hydrogen) atoms. The summed E-state index contributed by atoms with van der Waals surface area (Å²) in [5, 5.41) is 0. The third-order valence-corrected chi connectivity index (χ3v) is 4.82. The largest absolute Gasteiger partial charge is 0.421 e. The molecule has 0 fully saturated rings. The van der Waals surface area contributed by atoms with Gasteiger partial charge < -0.3 is 4.74 Å². The molecule has 0 radical (unpaired) electrons. The molecule has 2 aromatic rings. The van der Waals surface area contributed by atoms with Gasteiger partial charge in [0.05, 0.1) is 14.7 Å². The summed E-state index contributed by atoms with van der Waals surface area (Å²) in [4.78, 5) is 23.3. The molecule has 0 amide bonds. The molecule has 0 aliphatic rings. The highest BCUT2D eigenvalue weighted by molar-refractivity contribution is 14.1. The molecule has 0 aromatic heterocycles. The molecule has 0 atom stereocenters. The average molecular weight is 604 g/mol. The molecule has 0 aliphatic carbocycles. The molecule has 0 aliphatic heterocycles.